The molecule has 0 atom stereocenters. The van der Waals surface area contributed by atoms with Gasteiger partial charge in [-0.05, 0) is 6.07 Å². The van der Waals surface area contributed by atoms with Crippen LogP contribution in [0.25, 0.3) is 0 Å². The first kappa shape index (κ1) is 10.3. The van der Waals surface area contributed by atoms with Gasteiger partial charge >= 0.3 is 5.97 Å². The van der Waals surface area contributed by atoms with Crippen molar-refractivity contribution in [1.29, 1.82) is 0 Å². The van der Waals surface area contributed by atoms with Crippen LogP contribution in [0.3, 0.4) is 0 Å². The van der Waals surface area contributed by atoms with E-state index in [0.29, 0.717) is 0 Å². The Kier molecular flexibility index (Phi) is 2.91. The molecular weight excluding hydrogens is 191 g/mol. The van der Waals surface area contributed by atoms with Gasteiger partial charge in [-0.1, -0.05) is 0 Å². The number of rotatable bonds is 3. The topological polar surface area (TPSA) is 66.8 Å². The number of phenolic OH excluding ortho intramolecular Hbond substituents is 1. The van der Waals surface area contributed by atoms with Crippen molar-refractivity contribution >= 4 is 5.97 Å². The average molecular weight is 200 g/mol. The number of hydrogen-bond donors (Lipinski definition) is 2. The van der Waals surface area contributed by atoms with Crippen molar-refractivity contribution in [2.75, 3.05) is 7.11 Å². The molecule has 0 unspecified atom stereocenters. The zero-order valence-electron chi connectivity index (χ0n) is 7.45. The van der Waals surface area contributed by atoms with Crippen LogP contribution < -0.4 is 4.74 Å². The predicted molar refractivity (Wildman–Crippen MR) is 46.0 cm³/mol. The largest absolute Gasteiger partial charge is 0.504 e. The van der Waals surface area contributed by atoms with Crippen molar-refractivity contribution < 1.29 is 24.1 Å². The molecule has 0 saturated carbocycles. The van der Waals surface area contributed by atoms with E-state index < -0.39 is 18.2 Å². The molecule has 0 bridgehead atoms. The summed E-state index contributed by atoms with van der Waals surface area (Å²) in [7, 11) is 1.28. The standard InChI is InChI=1S/C9H9FO4/c1-14-8-4-6(10)5(2-7(8)11)3-9(12)13/h2,4,11H,3H2,1H3,(H,12,13). The minimum absolute atomic E-state index is 0.0170. The van der Waals surface area contributed by atoms with Crippen LogP contribution in [-0.4, -0.2) is 23.3 Å². The van der Waals surface area contributed by atoms with E-state index in [9.17, 15) is 14.3 Å². The molecule has 0 amide bonds. The Balaban J connectivity index is 3.08. The summed E-state index contributed by atoms with van der Waals surface area (Å²) in [6, 6.07) is 2.00. The summed E-state index contributed by atoms with van der Waals surface area (Å²) in [5, 5.41) is 17.7. The first-order valence-electron chi connectivity index (χ1n) is 3.81. The number of methoxy groups -OCH3 is 1. The number of phenols is 1. The summed E-state index contributed by atoms with van der Waals surface area (Å²) in [6.07, 6.45) is -0.469. The second kappa shape index (κ2) is 3.95. The number of carboxylic acid groups (broad SMARTS) is 1. The Morgan fingerprint density at radius 2 is 2.21 bits per heavy atom. The van der Waals surface area contributed by atoms with Gasteiger partial charge in [0, 0.05) is 11.6 Å². The number of ether oxygens (including phenoxy) is 1. The Morgan fingerprint density at radius 1 is 1.57 bits per heavy atom. The molecule has 76 valence electrons. The fourth-order valence-corrected chi connectivity index (χ4v) is 1.05. The third kappa shape index (κ3) is 2.12. The normalized spacial score (nSPS) is 9.86. The zero-order valence-corrected chi connectivity index (χ0v) is 7.45. The number of aliphatic carboxylic acids is 1. The fraction of sp³-hybridized carbons (Fsp3) is 0.222. The summed E-state index contributed by atoms with van der Waals surface area (Å²) in [6.45, 7) is 0. The summed E-state index contributed by atoms with van der Waals surface area (Å²) >= 11 is 0. The number of benzene rings is 1. The van der Waals surface area contributed by atoms with E-state index in [1.165, 1.54) is 7.11 Å². The van der Waals surface area contributed by atoms with Gasteiger partial charge in [0.05, 0.1) is 13.5 Å². The van der Waals surface area contributed by atoms with Crippen molar-refractivity contribution in [2.45, 2.75) is 6.42 Å². The summed E-state index contributed by atoms with van der Waals surface area (Å²) in [5.41, 5.74) is -0.0733. The van der Waals surface area contributed by atoms with E-state index >= 15 is 0 Å². The van der Waals surface area contributed by atoms with E-state index in [0.717, 1.165) is 12.1 Å². The molecule has 1 aromatic carbocycles. The van der Waals surface area contributed by atoms with Crippen molar-refractivity contribution in [1.82, 2.24) is 0 Å². The Labute approximate surface area is 79.6 Å². The lowest BCUT2D eigenvalue weighted by atomic mass is 10.1. The third-order valence-corrected chi connectivity index (χ3v) is 1.69. The van der Waals surface area contributed by atoms with Gasteiger partial charge in [-0.3, -0.25) is 4.79 Å². The van der Waals surface area contributed by atoms with Gasteiger partial charge < -0.3 is 14.9 Å². The molecule has 14 heavy (non-hydrogen) atoms. The lowest BCUT2D eigenvalue weighted by Gasteiger charge is -2.06. The molecule has 4 nitrogen and oxygen atoms in total. The van der Waals surface area contributed by atoms with E-state index in [1.807, 2.05) is 0 Å². The quantitative estimate of drug-likeness (QED) is 0.768. The Morgan fingerprint density at radius 3 is 2.71 bits per heavy atom. The molecule has 1 aromatic rings. The van der Waals surface area contributed by atoms with E-state index in [-0.39, 0.29) is 17.1 Å². The number of carboxylic acids is 1. The van der Waals surface area contributed by atoms with Gasteiger partial charge in [0.25, 0.3) is 0 Å². The Bertz CT molecular complexity index is 362. The molecule has 0 saturated heterocycles. The first-order valence-corrected chi connectivity index (χ1v) is 3.81. The van der Waals surface area contributed by atoms with Crippen LogP contribution >= 0.6 is 0 Å². The van der Waals surface area contributed by atoms with Gasteiger partial charge in [-0.25, -0.2) is 4.39 Å². The maximum Gasteiger partial charge on any atom is 0.307 e. The van der Waals surface area contributed by atoms with Gasteiger partial charge in [-0.2, -0.15) is 0 Å². The predicted octanol–water partition coefficient (Wildman–Crippen LogP) is 1.17. The molecular formula is C9H9FO4. The fourth-order valence-electron chi connectivity index (χ4n) is 1.05. The van der Waals surface area contributed by atoms with Crippen LogP contribution in [0, 0.1) is 5.82 Å². The number of halogens is 1. The van der Waals surface area contributed by atoms with Crippen molar-refractivity contribution in [3.8, 4) is 11.5 Å². The second-order valence-corrected chi connectivity index (χ2v) is 2.69. The van der Waals surface area contributed by atoms with Crippen LogP contribution in [0.1, 0.15) is 5.56 Å². The smallest absolute Gasteiger partial charge is 0.307 e. The molecule has 2 N–H and O–H groups in total. The molecule has 0 radical (unpaired) electrons. The van der Waals surface area contributed by atoms with Gasteiger partial charge in [0.2, 0.25) is 0 Å². The highest BCUT2D eigenvalue weighted by Gasteiger charge is 2.11. The highest BCUT2D eigenvalue weighted by atomic mass is 19.1. The first-order chi connectivity index (χ1) is 6.54. The van der Waals surface area contributed by atoms with Crippen molar-refractivity contribution in [3.05, 3.63) is 23.5 Å². The lowest BCUT2D eigenvalue weighted by Crippen LogP contribution is -2.02. The highest BCUT2D eigenvalue weighted by Crippen LogP contribution is 2.28. The maximum absolute atomic E-state index is 13.1. The van der Waals surface area contributed by atoms with Crippen LogP contribution in [0.15, 0.2) is 12.1 Å². The van der Waals surface area contributed by atoms with E-state index in [2.05, 4.69) is 4.74 Å². The lowest BCUT2D eigenvalue weighted by molar-refractivity contribution is -0.136. The highest BCUT2D eigenvalue weighted by molar-refractivity contribution is 5.70. The monoisotopic (exact) mass is 200 g/mol. The summed E-state index contributed by atoms with van der Waals surface area (Å²) in [5.74, 6) is -2.16. The number of carbonyl (C=O) groups is 1. The third-order valence-electron chi connectivity index (χ3n) is 1.69. The molecule has 0 aromatic heterocycles. The van der Waals surface area contributed by atoms with Crippen LogP contribution in [0.5, 0.6) is 11.5 Å². The Hall–Kier alpha value is -1.78. The van der Waals surface area contributed by atoms with Gasteiger partial charge in [0.1, 0.15) is 5.82 Å². The zero-order chi connectivity index (χ0) is 10.7. The number of hydrogen-bond acceptors (Lipinski definition) is 3. The average Bonchev–Trinajstić information content (AvgIpc) is 2.10. The van der Waals surface area contributed by atoms with Crippen LogP contribution in [-0.2, 0) is 11.2 Å². The second-order valence-electron chi connectivity index (χ2n) is 2.69. The number of aromatic hydroxyl groups is 1. The maximum atomic E-state index is 13.1. The molecule has 0 aliphatic rings. The minimum Gasteiger partial charge on any atom is -0.504 e. The molecule has 0 heterocycles. The molecule has 1 rings (SSSR count). The molecule has 5 heteroatoms. The van der Waals surface area contributed by atoms with E-state index in [1.54, 1.807) is 0 Å². The summed E-state index contributed by atoms with van der Waals surface area (Å²) < 4.78 is 17.8. The van der Waals surface area contributed by atoms with Gasteiger partial charge in [0.15, 0.2) is 11.5 Å². The molecule has 0 aliphatic heterocycles. The molecule has 0 aliphatic carbocycles. The minimum atomic E-state index is -1.16. The van der Waals surface area contributed by atoms with Crippen LogP contribution in [0.4, 0.5) is 4.39 Å². The molecule has 0 spiro atoms. The van der Waals surface area contributed by atoms with E-state index in [4.69, 9.17) is 5.11 Å². The van der Waals surface area contributed by atoms with Gasteiger partial charge in [-0.15, -0.1) is 0 Å². The summed E-state index contributed by atoms with van der Waals surface area (Å²) in [4.78, 5) is 10.3. The molecule has 0 fully saturated rings. The van der Waals surface area contributed by atoms with Crippen molar-refractivity contribution in [2.24, 2.45) is 0 Å². The van der Waals surface area contributed by atoms with Crippen molar-refractivity contribution in [3.63, 3.8) is 0 Å². The SMILES string of the molecule is COc1cc(F)c(CC(=O)O)cc1O. The van der Waals surface area contributed by atoms with Crippen LogP contribution in [0.2, 0.25) is 0 Å².